The molecule has 0 spiro atoms. The van der Waals surface area contributed by atoms with Gasteiger partial charge in [0.2, 0.25) is 0 Å². The van der Waals surface area contributed by atoms with Crippen LogP contribution in [0.15, 0.2) is 79.5 Å². The number of amides is 1. The van der Waals surface area contributed by atoms with Crippen LogP contribution in [0.5, 0.6) is 5.75 Å². The summed E-state index contributed by atoms with van der Waals surface area (Å²) < 4.78 is 22.6. The Balaban J connectivity index is 1.45. The molecule has 1 heterocycles. The smallest absolute Gasteiger partial charge is 0.282 e. The first-order valence-corrected chi connectivity index (χ1v) is 14.2. The number of halogens is 3. The third-order valence-electron chi connectivity index (χ3n) is 6.59. The van der Waals surface area contributed by atoms with Crippen molar-refractivity contribution in [1.29, 1.82) is 0 Å². The Labute approximate surface area is 241 Å². The maximum absolute atomic E-state index is 13.9. The third-order valence-corrected chi connectivity index (χ3v) is 7.58. The predicted molar refractivity (Wildman–Crippen MR) is 157 cm³/mol. The van der Waals surface area contributed by atoms with Gasteiger partial charge < -0.3 is 10.1 Å². The van der Waals surface area contributed by atoms with Gasteiger partial charge in [0.1, 0.15) is 17.4 Å². The molecule has 0 radical (unpaired) electrons. The van der Waals surface area contributed by atoms with Crippen molar-refractivity contribution in [2.45, 2.75) is 38.0 Å². The summed E-state index contributed by atoms with van der Waals surface area (Å²) in [6.07, 6.45) is 6.78. The third kappa shape index (κ3) is 6.45. The van der Waals surface area contributed by atoms with Gasteiger partial charge >= 0.3 is 0 Å². The number of carbonyl (C=O) groups is 1. The maximum Gasteiger partial charge on any atom is 0.282 e. The first-order valence-electron chi connectivity index (χ1n) is 12.6. The standard InChI is InChI=1S/C29H25Br2FN4O3/c30-20-11-13-26(39-17-27(37)34-25-9-5-4-8-23(25)32)19(14-20)16-33-36-28(18-6-2-1-3-7-18)35-24-12-10-21(31)15-22(24)29(36)38/h4-5,8-16,18H,1-3,6-7,17H2,(H,34,37). The number of aromatic nitrogens is 2. The lowest BCUT2D eigenvalue weighted by Gasteiger charge is -2.22. The van der Waals surface area contributed by atoms with Crippen molar-refractivity contribution in [3.05, 3.63) is 97.2 Å². The van der Waals surface area contributed by atoms with Crippen LogP contribution in [0.3, 0.4) is 0 Å². The van der Waals surface area contributed by atoms with Gasteiger partial charge in [0.25, 0.3) is 11.5 Å². The Hall–Kier alpha value is -3.37. The summed E-state index contributed by atoms with van der Waals surface area (Å²) in [5, 5.41) is 7.56. The molecule has 39 heavy (non-hydrogen) atoms. The van der Waals surface area contributed by atoms with E-state index in [2.05, 4.69) is 42.3 Å². The molecule has 5 rings (SSSR count). The summed E-state index contributed by atoms with van der Waals surface area (Å²) in [7, 11) is 0. The first kappa shape index (κ1) is 27.2. The summed E-state index contributed by atoms with van der Waals surface area (Å²) in [6.45, 7) is -0.338. The van der Waals surface area contributed by atoms with Gasteiger partial charge in [0.05, 0.1) is 22.8 Å². The van der Waals surface area contributed by atoms with E-state index in [-0.39, 0.29) is 23.8 Å². The van der Waals surface area contributed by atoms with E-state index in [4.69, 9.17) is 9.72 Å². The summed E-state index contributed by atoms with van der Waals surface area (Å²) in [4.78, 5) is 30.9. The highest BCUT2D eigenvalue weighted by atomic mass is 79.9. The second-order valence-electron chi connectivity index (χ2n) is 9.33. The molecule has 4 aromatic rings. The van der Waals surface area contributed by atoms with Crippen molar-refractivity contribution >= 4 is 60.6 Å². The Morgan fingerprint density at radius 2 is 1.82 bits per heavy atom. The minimum absolute atomic E-state index is 0.0775. The summed E-state index contributed by atoms with van der Waals surface area (Å²) in [5.41, 5.74) is 1.02. The SMILES string of the molecule is O=C(COc1ccc(Br)cc1C=Nn1c(C2CCCCC2)nc2ccc(Br)cc2c1=O)Nc1ccccc1F. The molecule has 0 bridgehead atoms. The Kier molecular flexibility index (Phi) is 8.52. The topological polar surface area (TPSA) is 85.6 Å². The lowest BCUT2D eigenvalue weighted by Crippen LogP contribution is -2.25. The normalized spacial score (nSPS) is 14.1. The van der Waals surface area contributed by atoms with Crippen molar-refractivity contribution in [2.24, 2.45) is 5.10 Å². The zero-order valence-electron chi connectivity index (χ0n) is 20.9. The van der Waals surface area contributed by atoms with Gasteiger partial charge in [-0.1, -0.05) is 63.3 Å². The van der Waals surface area contributed by atoms with Crippen LogP contribution in [0, 0.1) is 5.82 Å². The molecule has 7 nitrogen and oxygen atoms in total. The zero-order chi connectivity index (χ0) is 27.4. The monoisotopic (exact) mass is 654 g/mol. The van der Waals surface area contributed by atoms with Gasteiger partial charge in [-0.05, 0) is 61.4 Å². The van der Waals surface area contributed by atoms with Crippen molar-refractivity contribution in [3.63, 3.8) is 0 Å². The number of anilines is 1. The van der Waals surface area contributed by atoms with E-state index >= 15 is 0 Å². The van der Waals surface area contributed by atoms with Crippen molar-refractivity contribution < 1.29 is 13.9 Å². The largest absolute Gasteiger partial charge is 0.483 e. The summed E-state index contributed by atoms with van der Waals surface area (Å²) >= 11 is 6.91. The summed E-state index contributed by atoms with van der Waals surface area (Å²) in [5.74, 6) is 0.127. The van der Waals surface area contributed by atoms with Gasteiger partial charge in [0, 0.05) is 20.4 Å². The van der Waals surface area contributed by atoms with Crippen LogP contribution < -0.4 is 15.6 Å². The molecule has 0 atom stereocenters. The molecule has 1 saturated carbocycles. The van der Waals surface area contributed by atoms with Crippen LogP contribution in [-0.2, 0) is 4.79 Å². The van der Waals surface area contributed by atoms with E-state index < -0.39 is 11.7 Å². The highest BCUT2D eigenvalue weighted by molar-refractivity contribution is 9.10. The number of hydrogen-bond acceptors (Lipinski definition) is 5. The molecule has 3 aromatic carbocycles. The number of para-hydroxylation sites is 1. The molecule has 1 N–H and O–H groups in total. The Bertz CT molecular complexity index is 1620. The van der Waals surface area contributed by atoms with Crippen LogP contribution in [0.2, 0.25) is 0 Å². The molecule has 0 unspecified atom stereocenters. The fraction of sp³-hybridized carbons (Fsp3) is 0.241. The quantitative estimate of drug-likeness (QED) is 0.217. The molecular formula is C29H25Br2FN4O3. The Morgan fingerprint density at radius 1 is 1.08 bits per heavy atom. The lowest BCUT2D eigenvalue weighted by atomic mass is 9.88. The fourth-order valence-electron chi connectivity index (χ4n) is 4.67. The highest BCUT2D eigenvalue weighted by Crippen LogP contribution is 2.32. The predicted octanol–water partition coefficient (Wildman–Crippen LogP) is 7.01. The van der Waals surface area contributed by atoms with Gasteiger partial charge in [-0.2, -0.15) is 9.78 Å². The second-order valence-corrected chi connectivity index (χ2v) is 11.2. The van der Waals surface area contributed by atoms with Crippen molar-refractivity contribution in [1.82, 2.24) is 9.66 Å². The second kappa shape index (κ2) is 12.2. The van der Waals surface area contributed by atoms with E-state index in [1.54, 1.807) is 36.4 Å². The van der Waals surface area contributed by atoms with E-state index in [1.165, 1.54) is 29.4 Å². The van der Waals surface area contributed by atoms with Crippen LogP contribution in [0.25, 0.3) is 10.9 Å². The lowest BCUT2D eigenvalue weighted by molar-refractivity contribution is -0.118. The highest BCUT2D eigenvalue weighted by Gasteiger charge is 2.22. The fourth-order valence-corrected chi connectivity index (χ4v) is 5.41. The average Bonchev–Trinajstić information content (AvgIpc) is 2.94. The van der Waals surface area contributed by atoms with Crippen molar-refractivity contribution in [2.75, 3.05) is 11.9 Å². The van der Waals surface area contributed by atoms with E-state index in [0.29, 0.717) is 28.0 Å². The number of hydrogen-bond donors (Lipinski definition) is 1. The number of nitrogens with one attached hydrogen (secondary N) is 1. The summed E-state index contributed by atoms with van der Waals surface area (Å²) in [6, 6.07) is 16.6. The number of ether oxygens (including phenoxy) is 1. The van der Waals surface area contributed by atoms with E-state index in [1.807, 2.05) is 12.1 Å². The molecule has 1 amide bonds. The number of fused-ring (bicyclic) bond motifs is 1. The van der Waals surface area contributed by atoms with Gasteiger partial charge in [-0.25, -0.2) is 9.37 Å². The molecule has 1 aliphatic rings. The average molecular weight is 656 g/mol. The molecule has 0 saturated heterocycles. The number of nitrogens with zero attached hydrogens (tertiary/aromatic N) is 3. The molecule has 0 aliphatic heterocycles. The van der Waals surface area contributed by atoms with Crippen LogP contribution >= 0.6 is 31.9 Å². The molecule has 200 valence electrons. The van der Waals surface area contributed by atoms with E-state index in [9.17, 15) is 14.0 Å². The van der Waals surface area contributed by atoms with Gasteiger partial charge in [-0.3, -0.25) is 9.59 Å². The number of benzene rings is 3. The number of carbonyl (C=O) groups excluding carboxylic acids is 1. The Morgan fingerprint density at radius 3 is 2.62 bits per heavy atom. The minimum Gasteiger partial charge on any atom is -0.483 e. The van der Waals surface area contributed by atoms with E-state index in [0.717, 1.165) is 34.6 Å². The van der Waals surface area contributed by atoms with Gasteiger partial charge in [-0.15, -0.1) is 0 Å². The van der Waals surface area contributed by atoms with Crippen LogP contribution in [0.1, 0.15) is 49.4 Å². The minimum atomic E-state index is -0.530. The zero-order valence-corrected chi connectivity index (χ0v) is 24.0. The maximum atomic E-state index is 13.9. The number of rotatable bonds is 7. The molecule has 1 aromatic heterocycles. The molecule has 1 fully saturated rings. The van der Waals surface area contributed by atoms with Gasteiger partial charge in [0.15, 0.2) is 6.61 Å². The molecule has 1 aliphatic carbocycles. The van der Waals surface area contributed by atoms with Crippen molar-refractivity contribution in [3.8, 4) is 5.75 Å². The van der Waals surface area contributed by atoms with Crippen LogP contribution in [0.4, 0.5) is 10.1 Å². The molecule has 10 heteroatoms. The molecular weight excluding hydrogens is 631 g/mol. The van der Waals surface area contributed by atoms with Crippen LogP contribution in [-0.4, -0.2) is 28.4 Å². The first-order chi connectivity index (χ1) is 18.9.